The van der Waals surface area contributed by atoms with Crippen LogP contribution in [0.3, 0.4) is 0 Å². The first kappa shape index (κ1) is 14.8. The van der Waals surface area contributed by atoms with Gasteiger partial charge in [0.25, 0.3) is 0 Å². The highest BCUT2D eigenvalue weighted by atomic mass is 16.3. The van der Waals surface area contributed by atoms with Crippen molar-refractivity contribution in [1.82, 2.24) is 0 Å². The van der Waals surface area contributed by atoms with Gasteiger partial charge >= 0.3 is 0 Å². The summed E-state index contributed by atoms with van der Waals surface area (Å²) in [5.41, 5.74) is 0.409. The predicted molar refractivity (Wildman–Crippen MR) is 78.5 cm³/mol. The molecule has 0 bridgehead atoms. The lowest BCUT2D eigenvalue weighted by molar-refractivity contribution is -0.124. The number of carbonyl (C=O) groups is 1. The van der Waals surface area contributed by atoms with Crippen molar-refractivity contribution >= 4 is 5.78 Å². The summed E-state index contributed by atoms with van der Waals surface area (Å²) in [6.07, 6.45) is 2.58. The second-order valence-corrected chi connectivity index (χ2v) is 6.31. The molecule has 1 aromatic carbocycles. The van der Waals surface area contributed by atoms with Crippen LogP contribution in [-0.2, 0) is 16.8 Å². The second kappa shape index (κ2) is 4.74. The van der Waals surface area contributed by atoms with Gasteiger partial charge in [-0.15, -0.1) is 0 Å². The summed E-state index contributed by atoms with van der Waals surface area (Å²) in [4.78, 5) is 11.8. The van der Waals surface area contributed by atoms with Crippen molar-refractivity contribution in [1.29, 1.82) is 0 Å². The predicted octanol–water partition coefficient (Wildman–Crippen LogP) is 3.09. The third kappa shape index (κ3) is 2.16. The average molecular weight is 274 g/mol. The molecule has 1 aromatic rings. The van der Waals surface area contributed by atoms with Crippen LogP contribution in [0.2, 0.25) is 0 Å². The summed E-state index contributed by atoms with van der Waals surface area (Å²) >= 11 is 0. The summed E-state index contributed by atoms with van der Waals surface area (Å²) < 4.78 is 0. The van der Waals surface area contributed by atoms with Crippen molar-refractivity contribution in [2.75, 3.05) is 0 Å². The quantitative estimate of drug-likeness (QED) is 0.871. The number of ketones is 1. The molecule has 1 atom stereocenters. The van der Waals surface area contributed by atoms with Crippen LogP contribution < -0.4 is 0 Å². The van der Waals surface area contributed by atoms with Gasteiger partial charge in [-0.1, -0.05) is 26.8 Å². The highest BCUT2D eigenvalue weighted by molar-refractivity contribution is 5.92. The van der Waals surface area contributed by atoms with Crippen molar-refractivity contribution in [3.8, 4) is 5.75 Å². The summed E-state index contributed by atoms with van der Waals surface area (Å²) in [7, 11) is 0. The molecule has 0 saturated carbocycles. The molecule has 3 nitrogen and oxygen atoms in total. The van der Waals surface area contributed by atoms with Crippen LogP contribution in [0.15, 0.2) is 29.8 Å². The number of aliphatic hydroxyl groups is 1. The molecule has 0 radical (unpaired) electrons. The van der Waals surface area contributed by atoms with E-state index in [0.717, 1.165) is 12.0 Å². The van der Waals surface area contributed by atoms with Gasteiger partial charge in [0.1, 0.15) is 11.4 Å². The normalized spacial score (nSPS) is 25.4. The zero-order valence-electron chi connectivity index (χ0n) is 12.5. The summed E-state index contributed by atoms with van der Waals surface area (Å²) in [5.74, 6) is 0.182. The van der Waals surface area contributed by atoms with E-state index in [1.165, 1.54) is 6.08 Å². The molecule has 0 spiro atoms. The maximum Gasteiger partial charge on any atom is 0.156 e. The van der Waals surface area contributed by atoms with Crippen LogP contribution in [0.1, 0.15) is 45.2 Å². The van der Waals surface area contributed by atoms with Crippen LogP contribution >= 0.6 is 0 Å². The number of benzene rings is 1. The minimum atomic E-state index is -1.23. The SMILES string of the molecule is CCc1cc(O)cc(C2(O)C(C)=CC(=O)CC2(C)C)c1. The molecule has 1 unspecified atom stereocenters. The Morgan fingerprint density at radius 1 is 1.25 bits per heavy atom. The van der Waals surface area contributed by atoms with E-state index in [4.69, 9.17) is 0 Å². The molecule has 0 saturated heterocycles. The third-order valence-electron chi connectivity index (χ3n) is 4.35. The van der Waals surface area contributed by atoms with E-state index >= 15 is 0 Å². The van der Waals surface area contributed by atoms with E-state index in [-0.39, 0.29) is 18.0 Å². The Morgan fingerprint density at radius 3 is 2.45 bits per heavy atom. The topological polar surface area (TPSA) is 57.5 Å². The summed E-state index contributed by atoms with van der Waals surface area (Å²) in [6, 6.07) is 5.20. The smallest absolute Gasteiger partial charge is 0.156 e. The Morgan fingerprint density at radius 2 is 1.90 bits per heavy atom. The molecule has 0 heterocycles. The molecule has 3 heteroatoms. The Hall–Kier alpha value is -1.61. The highest BCUT2D eigenvalue weighted by Gasteiger charge is 2.49. The van der Waals surface area contributed by atoms with E-state index in [2.05, 4.69) is 0 Å². The van der Waals surface area contributed by atoms with E-state index in [1.54, 1.807) is 19.1 Å². The van der Waals surface area contributed by atoms with Crippen LogP contribution in [0.4, 0.5) is 0 Å². The summed E-state index contributed by atoms with van der Waals surface area (Å²) in [6.45, 7) is 7.55. The Bertz CT molecular complexity index is 584. The number of carbonyl (C=O) groups excluding carboxylic acids is 1. The van der Waals surface area contributed by atoms with E-state index in [1.807, 2.05) is 26.8 Å². The van der Waals surface area contributed by atoms with Crippen LogP contribution in [-0.4, -0.2) is 16.0 Å². The first-order chi connectivity index (χ1) is 9.20. The van der Waals surface area contributed by atoms with Gasteiger partial charge in [-0.2, -0.15) is 0 Å². The molecule has 108 valence electrons. The van der Waals surface area contributed by atoms with E-state index in [0.29, 0.717) is 11.1 Å². The van der Waals surface area contributed by atoms with Crippen LogP contribution in [0, 0.1) is 5.41 Å². The number of allylic oxidation sites excluding steroid dienone is 1. The van der Waals surface area contributed by atoms with Crippen LogP contribution in [0.5, 0.6) is 5.75 Å². The molecule has 0 amide bonds. The van der Waals surface area contributed by atoms with E-state index < -0.39 is 11.0 Å². The fraction of sp³-hybridized carbons (Fsp3) is 0.471. The largest absolute Gasteiger partial charge is 0.508 e. The lowest BCUT2D eigenvalue weighted by Crippen LogP contribution is -2.47. The number of aryl methyl sites for hydroxylation is 1. The molecular formula is C17H22O3. The number of phenols is 1. The zero-order valence-corrected chi connectivity index (χ0v) is 12.5. The van der Waals surface area contributed by atoms with Gasteiger partial charge < -0.3 is 10.2 Å². The van der Waals surface area contributed by atoms with Gasteiger partial charge in [-0.3, -0.25) is 4.79 Å². The standard InChI is InChI=1S/C17H22O3/c1-5-12-7-13(9-14(18)8-12)17(20)11(2)6-15(19)10-16(17,3)4/h6-9,18,20H,5,10H2,1-4H3. The molecule has 0 aliphatic heterocycles. The van der Waals surface area contributed by atoms with Gasteiger partial charge in [-0.05, 0) is 48.3 Å². The fourth-order valence-electron chi connectivity index (χ4n) is 3.20. The first-order valence-electron chi connectivity index (χ1n) is 6.98. The molecule has 0 fully saturated rings. The molecule has 2 rings (SSSR count). The minimum absolute atomic E-state index is 0.0352. The van der Waals surface area contributed by atoms with Crippen molar-refractivity contribution < 1.29 is 15.0 Å². The number of hydrogen-bond donors (Lipinski definition) is 2. The van der Waals surface area contributed by atoms with Crippen molar-refractivity contribution in [3.63, 3.8) is 0 Å². The monoisotopic (exact) mass is 274 g/mol. The summed E-state index contributed by atoms with van der Waals surface area (Å²) in [5, 5.41) is 21.2. The maximum absolute atomic E-state index is 11.8. The van der Waals surface area contributed by atoms with Gasteiger partial charge in [0.05, 0.1) is 0 Å². The fourth-order valence-corrected chi connectivity index (χ4v) is 3.20. The van der Waals surface area contributed by atoms with Gasteiger partial charge in [0, 0.05) is 11.8 Å². The maximum atomic E-state index is 11.8. The lowest BCUT2D eigenvalue weighted by Gasteiger charge is -2.46. The van der Waals surface area contributed by atoms with Gasteiger partial charge in [-0.25, -0.2) is 0 Å². The van der Waals surface area contributed by atoms with Gasteiger partial charge in [0.15, 0.2) is 5.78 Å². The van der Waals surface area contributed by atoms with Crippen molar-refractivity contribution in [3.05, 3.63) is 41.0 Å². The number of phenolic OH excluding ortho intramolecular Hbond substituents is 1. The highest BCUT2D eigenvalue weighted by Crippen LogP contribution is 2.50. The van der Waals surface area contributed by atoms with E-state index in [9.17, 15) is 15.0 Å². The first-order valence-corrected chi connectivity index (χ1v) is 6.98. The minimum Gasteiger partial charge on any atom is -0.508 e. The number of aromatic hydroxyl groups is 1. The molecule has 2 N–H and O–H groups in total. The Balaban J connectivity index is 2.67. The molecular weight excluding hydrogens is 252 g/mol. The lowest BCUT2D eigenvalue weighted by atomic mass is 9.62. The number of rotatable bonds is 2. The molecule has 1 aliphatic rings. The molecule has 20 heavy (non-hydrogen) atoms. The average Bonchev–Trinajstić information content (AvgIpc) is 2.34. The van der Waals surface area contributed by atoms with Gasteiger partial charge in [0.2, 0.25) is 0 Å². The number of hydrogen-bond acceptors (Lipinski definition) is 3. The molecule has 1 aliphatic carbocycles. The van der Waals surface area contributed by atoms with Crippen LogP contribution in [0.25, 0.3) is 0 Å². The zero-order chi connectivity index (χ0) is 15.1. The van der Waals surface area contributed by atoms with Crippen molar-refractivity contribution in [2.45, 2.75) is 46.1 Å². The Kier molecular flexibility index (Phi) is 3.51. The Labute approximate surface area is 120 Å². The molecule has 0 aromatic heterocycles. The third-order valence-corrected chi connectivity index (χ3v) is 4.35. The van der Waals surface area contributed by atoms with Crippen molar-refractivity contribution in [2.24, 2.45) is 5.41 Å². The second-order valence-electron chi connectivity index (χ2n) is 6.31.